The second kappa shape index (κ2) is 8.16. The number of nitrogens with one attached hydrogen (secondary N) is 1. The van der Waals surface area contributed by atoms with E-state index in [0.29, 0.717) is 12.8 Å². The predicted molar refractivity (Wildman–Crippen MR) is 75.7 cm³/mol. The first kappa shape index (κ1) is 15.1. The van der Waals surface area contributed by atoms with E-state index in [0.717, 1.165) is 5.75 Å². The molecule has 0 bridgehead atoms. The summed E-state index contributed by atoms with van der Waals surface area (Å²) in [6.07, 6.45) is 0.723. The van der Waals surface area contributed by atoms with E-state index in [1.807, 2.05) is 37.3 Å². The molecule has 100 valence electrons. The van der Waals surface area contributed by atoms with Crippen LogP contribution < -0.4 is 5.32 Å². The van der Waals surface area contributed by atoms with Crippen molar-refractivity contribution in [3.05, 3.63) is 30.3 Å². The van der Waals surface area contributed by atoms with Crippen molar-refractivity contribution >= 4 is 17.7 Å². The molecule has 0 heterocycles. The van der Waals surface area contributed by atoms with Crippen LogP contribution in [0.5, 0.6) is 0 Å². The zero-order valence-electron chi connectivity index (χ0n) is 10.9. The van der Waals surface area contributed by atoms with Crippen LogP contribution in [0.15, 0.2) is 35.2 Å². The molecule has 0 fully saturated rings. The average molecular weight is 267 g/mol. The number of benzene rings is 1. The molecule has 1 aromatic rings. The number of aliphatic hydroxyl groups excluding tert-OH is 1. The topological polar surface area (TPSA) is 49.3 Å². The van der Waals surface area contributed by atoms with Gasteiger partial charge < -0.3 is 10.4 Å². The first-order valence-electron chi connectivity index (χ1n) is 6.23. The Balaban J connectivity index is 2.17. The maximum Gasteiger partial charge on any atom is 0.221 e. The molecule has 2 unspecified atom stereocenters. The third-order valence-electron chi connectivity index (χ3n) is 2.44. The standard InChI is InChI=1S/C14H21NO2S/c1-11(10-12(2)16)15-14(17)8-9-18-13-6-4-3-5-7-13/h3-7,11-12,16H,8-10H2,1-2H3,(H,15,17). The summed E-state index contributed by atoms with van der Waals surface area (Å²) in [5.74, 6) is 0.823. The molecule has 0 spiro atoms. The van der Waals surface area contributed by atoms with E-state index in [2.05, 4.69) is 5.32 Å². The Morgan fingerprint density at radius 3 is 2.61 bits per heavy atom. The van der Waals surface area contributed by atoms with Gasteiger partial charge >= 0.3 is 0 Å². The van der Waals surface area contributed by atoms with Crippen molar-refractivity contribution in [2.45, 2.75) is 43.7 Å². The van der Waals surface area contributed by atoms with Crippen molar-refractivity contribution in [3.8, 4) is 0 Å². The SMILES string of the molecule is CC(O)CC(C)NC(=O)CCSc1ccccc1. The molecule has 0 aliphatic carbocycles. The van der Waals surface area contributed by atoms with Crippen LogP contribution in [0.4, 0.5) is 0 Å². The highest BCUT2D eigenvalue weighted by Crippen LogP contribution is 2.17. The predicted octanol–water partition coefficient (Wildman–Crippen LogP) is 2.44. The Bertz CT molecular complexity index is 354. The lowest BCUT2D eigenvalue weighted by atomic mass is 10.1. The Morgan fingerprint density at radius 1 is 1.33 bits per heavy atom. The average Bonchev–Trinajstić information content (AvgIpc) is 2.29. The third kappa shape index (κ3) is 6.67. The monoisotopic (exact) mass is 267 g/mol. The van der Waals surface area contributed by atoms with Gasteiger partial charge in [0.05, 0.1) is 6.10 Å². The maximum atomic E-state index is 11.6. The number of hydrogen-bond donors (Lipinski definition) is 2. The zero-order valence-corrected chi connectivity index (χ0v) is 11.7. The highest BCUT2D eigenvalue weighted by Gasteiger charge is 2.09. The van der Waals surface area contributed by atoms with Crippen molar-refractivity contribution in [2.75, 3.05) is 5.75 Å². The van der Waals surface area contributed by atoms with Crippen LogP contribution in [0.3, 0.4) is 0 Å². The van der Waals surface area contributed by atoms with E-state index >= 15 is 0 Å². The van der Waals surface area contributed by atoms with Crippen LogP contribution in [0, 0.1) is 0 Å². The summed E-state index contributed by atoms with van der Waals surface area (Å²) in [6.45, 7) is 3.64. The Kier molecular flexibility index (Phi) is 6.83. The maximum absolute atomic E-state index is 11.6. The van der Waals surface area contributed by atoms with Crippen molar-refractivity contribution in [1.29, 1.82) is 0 Å². The van der Waals surface area contributed by atoms with E-state index in [1.54, 1.807) is 18.7 Å². The van der Waals surface area contributed by atoms with E-state index in [-0.39, 0.29) is 18.1 Å². The molecule has 3 nitrogen and oxygen atoms in total. The first-order valence-corrected chi connectivity index (χ1v) is 7.21. The molecule has 0 aliphatic rings. The van der Waals surface area contributed by atoms with Gasteiger partial charge in [0.1, 0.15) is 0 Å². The summed E-state index contributed by atoms with van der Waals surface area (Å²) in [7, 11) is 0. The van der Waals surface area contributed by atoms with Crippen LogP contribution in [0.25, 0.3) is 0 Å². The van der Waals surface area contributed by atoms with E-state index in [4.69, 9.17) is 0 Å². The minimum absolute atomic E-state index is 0.0271. The van der Waals surface area contributed by atoms with Gasteiger partial charge in [0.25, 0.3) is 0 Å². The normalized spacial score (nSPS) is 13.9. The van der Waals surface area contributed by atoms with Crippen molar-refractivity contribution in [3.63, 3.8) is 0 Å². The smallest absolute Gasteiger partial charge is 0.221 e. The largest absolute Gasteiger partial charge is 0.393 e. The lowest BCUT2D eigenvalue weighted by Crippen LogP contribution is -2.34. The van der Waals surface area contributed by atoms with Gasteiger partial charge in [-0.2, -0.15) is 0 Å². The molecular formula is C14H21NO2S. The van der Waals surface area contributed by atoms with E-state index < -0.39 is 0 Å². The number of carbonyl (C=O) groups is 1. The summed E-state index contributed by atoms with van der Waals surface area (Å²) < 4.78 is 0. The summed E-state index contributed by atoms with van der Waals surface area (Å²) in [5, 5.41) is 12.1. The molecule has 0 saturated heterocycles. The number of hydrogen-bond acceptors (Lipinski definition) is 3. The molecule has 2 N–H and O–H groups in total. The van der Waals surface area contributed by atoms with Crippen LogP contribution in [0.1, 0.15) is 26.7 Å². The molecule has 1 aromatic carbocycles. The molecule has 1 rings (SSSR count). The van der Waals surface area contributed by atoms with Crippen LogP contribution in [-0.4, -0.2) is 28.9 Å². The molecule has 0 saturated carbocycles. The Morgan fingerprint density at radius 2 is 2.00 bits per heavy atom. The number of aliphatic hydroxyl groups is 1. The van der Waals surface area contributed by atoms with Crippen LogP contribution >= 0.6 is 11.8 Å². The van der Waals surface area contributed by atoms with Gasteiger partial charge in [-0.15, -0.1) is 11.8 Å². The minimum Gasteiger partial charge on any atom is -0.393 e. The quantitative estimate of drug-likeness (QED) is 0.746. The van der Waals surface area contributed by atoms with E-state index in [9.17, 15) is 9.90 Å². The van der Waals surface area contributed by atoms with Crippen molar-refractivity contribution in [2.24, 2.45) is 0 Å². The molecule has 2 atom stereocenters. The van der Waals surface area contributed by atoms with Crippen LogP contribution in [0.2, 0.25) is 0 Å². The number of carbonyl (C=O) groups excluding carboxylic acids is 1. The number of thioether (sulfide) groups is 1. The van der Waals surface area contributed by atoms with Gasteiger partial charge in [0, 0.05) is 23.1 Å². The molecule has 18 heavy (non-hydrogen) atoms. The van der Waals surface area contributed by atoms with Gasteiger partial charge in [-0.25, -0.2) is 0 Å². The van der Waals surface area contributed by atoms with Gasteiger partial charge in [-0.3, -0.25) is 4.79 Å². The van der Waals surface area contributed by atoms with Gasteiger partial charge in [-0.1, -0.05) is 18.2 Å². The lowest BCUT2D eigenvalue weighted by molar-refractivity contribution is -0.121. The number of rotatable bonds is 7. The van der Waals surface area contributed by atoms with Crippen molar-refractivity contribution in [1.82, 2.24) is 5.32 Å². The molecule has 0 aromatic heterocycles. The number of amides is 1. The molecule has 0 aliphatic heterocycles. The summed E-state index contributed by atoms with van der Waals surface area (Å²) in [4.78, 5) is 12.8. The fourth-order valence-electron chi connectivity index (χ4n) is 1.70. The third-order valence-corrected chi connectivity index (χ3v) is 3.46. The summed E-state index contributed by atoms with van der Waals surface area (Å²) in [6, 6.07) is 10.1. The van der Waals surface area contributed by atoms with Crippen LogP contribution in [-0.2, 0) is 4.79 Å². The second-order valence-corrected chi connectivity index (χ2v) is 5.63. The van der Waals surface area contributed by atoms with Gasteiger partial charge in [-0.05, 0) is 32.4 Å². The minimum atomic E-state index is -0.376. The highest BCUT2D eigenvalue weighted by molar-refractivity contribution is 7.99. The lowest BCUT2D eigenvalue weighted by Gasteiger charge is -2.15. The fraction of sp³-hybridized carbons (Fsp3) is 0.500. The summed E-state index contributed by atoms with van der Waals surface area (Å²) in [5.41, 5.74) is 0. The van der Waals surface area contributed by atoms with Gasteiger partial charge in [0.2, 0.25) is 5.91 Å². The van der Waals surface area contributed by atoms with E-state index in [1.165, 1.54) is 4.90 Å². The van der Waals surface area contributed by atoms with Gasteiger partial charge in [0.15, 0.2) is 0 Å². The molecule has 1 amide bonds. The summed E-state index contributed by atoms with van der Waals surface area (Å²) >= 11 is 1.68. The Labute approximate surface area is 113 Å². The first-order chi connectivity index (χ1) is 8.58. The molecule has 4 heteroatoms. The second-order valence-electron chi connectivity index (χ2n) is 4.46. The molecule has 0 radical (unpaired) electrons. The molecular weight excluding hydrogens is 246 g/mol. The Hall–Kier alpha value is -1.00. The highest BCUT2D eigenvalue weighted by atomic mass is 32.2. The van der Waals surface area contributed by atoms with Crippen molar-refractivity contribution < 1.29 is 9.90 Å². The fourth-order valence-corrected chi connectivity index (χ4v) is 2.57. The zero-order chi connectivity index (χ0) is 13.4.